The predicted molar refractivity (Wildman–Crippen MR) is 148 cm³/mol. The third-order valence-corrected chi connectivity index (χ3v) is 5.07. The van der Waals surface area contributed by atoms with Gasteiger partial charge in [-0.2, -0.15) is 0 Å². The van der Waals surface area contributed by atoms with Gasteiger partial charge in [0.1, 0.15) is 11.4 Å². The van der Waals surface area contributed by atoms with Crippen molar-refractivity contribution in [3.8, 4) is 16.9 Å². The molecule has 0 aliphatic rings. The van der Waals surface area contributed by atoms with Crippen LogP contribution in [0.1, 0.15) is 57.5 Å². The van der Waals surface area contributed by atoms with E-state index >= 15 is 0 Å². The van der Waals surface area contributed by atoms with Gasteiger partial charge in [-0.25, -0.2) is 4.98 Å². The van der Waals surface area contributed by atoms with E-state index in [1.54, 1.807) is 50.6 Å². The van der Waals surface area contributed by atoms with Crippen LogP contribution in [0, 0.1) is 0 Å². The van der Waals surface area contributed by atoms with Crippen LogP contribution in [0.3, 0.4) is 0 Å². The van der Waals surface area contributed by atoms with Crippen molar-refractivity contribution in [2.75, 3.05) is 7.11 Å². The second-order valence-electron chi connectivity index (χ2n) is 6.62. The molecule has 2 aromatic heterocycles. The standard InChI is InChI=1S/C23H17ClN2O3.3C2H6/c1-26-21(27)12-19(15-4-3-5-18(10-15)29-2)20-11-16(13-25-23(20)26)22(28)14-6-8-17(24)9-7-14;3*1-2/h3-13H,1-2H3;3*1-2H3. The lowest BCUT2D eigenvalue weighted by atomic mass is 9.99. The molecule has 0 radical (unpaired) electrons. The lowest BCUT2D eigenvalue weighted by Gasteiger charge is -2.12. The molecule has 0 aliphatic heterocycles. The van der Waals surface area contributed by atoms with E-state index in [9.17, 15) is 9.59 Å². The van der Waals surface area contributed by atoms with Crippen molar-refractivity contribution >= 4 is 28.4 Å². The third kappa shape index (κ3) is 7.03. The van der Waals surface area contributed by atoms with Crippen LogP contribution in [-0.2, 0) is 7.05 Å². The minimum absolute atomic E-state index is 0.165. The van der Waals surface area contributed by atoms with Gasteiger partial charge in [0.25, 0.3) is 5.56 Å². The van der Waals surface area contributed by atoms with Gasteiger partial charge in [0, 0.05) is 40.8 Å². The summed E-state index contributed by atoms with van der Waals surface area (Å²) < 4.78 is 6.78. The molecule has 0 N–H and O–H groups in total. The smallest absolute Gasteiger partial charge is 0.252 e. The summed E-state index contributed by atoms with van der Waals surface area (Å²) in [6.45, 7) is 12.0. The summed E-state index contributed by atoms with van der Waals surface area (Å²) in [5.41, 5.74) is 2.78. The minimum Gasteiger partial charge on any atom is -0.497 e. The fourth-order valence-corrected chi connectivity index (χ4v) is 3.37. The van der Waals surface area contributed by atoms with Gasteiger partial charge in [0.15, 0.2) is 5.78 Å². The van der Waals surface area contributed by atoms with Gasteiger partial charge in [0.05, 0.1) is 7.11 Å². The van der Waals surface area contributed by atoms with Crippen LogP contribution in [0.15, 0.2) is 71.7 Å². The second-order valence-corrected chi connectivity index (χ2v) is 7.05. The topological polar surface area (TPSA) is 61.2 Å². The molecule has 0 aliphatic carbocycles. The molecule has 2 heterocycles. The second kappa shape index (κ2) is 14.7. The number of methoxy groups -OCH3 is 1. The summed E-state index contributed by atoms with van der Waals surface area (Å²) >= 11 is 5.92. The van der Waals surface area contributed by atoms with Crippen LogP contribution in [0.5, 0.6) is 5.75 Å². The van der Waals surface area contributed by atoms with Crippen LogP contribution in [-0.4, -0.2) is 22.4 Å². The van der Waals surface area contributed by atoms with Crippen molar-refractivity contribution in [3.63, 3.8) is 0 Å². The first kappa shape index (κ1) is 29.6. The van der Waals surface area contributed by atoms with Crippen molar-refractivity contribution in [1.82, 2.24) is 9.55 Å². The zero-order chi connectivity index (χ0) is 26.5. The molecule has 186 valence electrons. The van der Waals surface area contributed by atoms with Crippen LogP contribution in [0.25, 0.3) is 22.2 Å². The Morgan fingerprint density at radius 3 is 2.11 bits per heavy atom. The maximum Gasteiger partial charge on any atom is 0.252 e. The lowest BCUT2D eigenvalue weighted by Crippen LogP contribution is -2.17. The Bertz CT molecular complexity index is 1300. The molecule has 5 nitrogen and oxygen atoms in total. The van der Waals surface area contributed by atoms with Crippen LogP contribution < -0.4 is 10.3 Å². The first-order valence-corrected chi connectivity index (χ1v) is 12.3. The average molecular weight is 495 g/mol. The van der Waals surface area contributed by atoms with Crippen molar-refractivity contribution in [1.29, 1.82) is 0 Å². The van der Waals surface area contributed by atoms with E-state index in [1.807, 2.05) is 65.8 Å². The van der Waals surface area contributed by atoms with Crippen LogP contribution >= 0.6 is 11.6 Å². The summed E-state index contributed by atoms with van der Waals surface area (Å²) in [5, 5.41) is 1.27. The monoisotopic (exact) mass is 494 g/mol. The number of fused-ring (bicyclic) bond motifs is 1. The maximum absolute atomic E-state index is 12.9. The van der Waals surface area contributed by atoms with Gasteiger partial charge in [-0.1, -0.05) is 65.3 Å². The number of halogens is 1. The Labute approximate surface area is 213 Å². The Kier molecular flexibility index (Phi) is 12.5. The first-order chi connectivity index (χ1) is 17.0. The molecule has 6 heteroatoms. The normalized spacial score (nSPS) is 9.51. The van der Waals surface area contributed by atoms with E-state index in [2.05, 4.69) is 4.98 Å². The number of pyridine rings is 2. The number of carbonyl (C=O) groups excluding carboxylic acids is 1. The maximum atomic E-state index is 12.9. The zero-order valence-corrected chi connectivity index (χ0v) is 22.6. The van der Waals surface area contributed by atoms with E-state index in [0.717, 1.165) is 5.56 Å². The molecule has 35 heavy (non-hydrogen) atoms. The number of hydrogen-bond acceptors (Lipinski definition) is 4. The highest BCUT2D eigenvalue weighted by molar-refractivity contribution is 6.30. The molecule has 0 bridgehead atoms. The van der Waals surface area contributed by atoms with Crippen molar-refractivity contribution < 1.29 is 9.53 Å². The average Bonchev–Trinajstić information content (AvgIpc) is 2.94. The van der Waals surface area contributed by atoms with Crippen LogP contribution in [0.4, 0.5) is 0 Å². The van der Waals surface area contributed by atoms with E-state index in [0.29, 0.717) is 38.5 Å². The number of aryl methyl sites for hydroxylation is 1. The summed E-state index contributed by atoms with van der Waals surface area (Å²) in [7, 11) is 3.25. The van der Waals surface area contributed by atoms with Gasteiger partial charge >= 0.3 is 0 Å². The Morgan fingerprint density at radius 1 is 0.886 bits per heavy atom. The van der Waals surface area contributed by atoms with Gasteiger partial charge in [-0.15, -0.1) is 0 Å². The van der Waals surface area contributed by atoms with Gasteiger partial charge in [0.2, 0.25) is 0 Å². The summed E-state index contributed by atoms with van der Waals surface area (Å²) in [6.07, 6.45) is 1.49. The van der Waals surface area contributed by atoms with E-state index in [4.69, 9.17) is 16.3 Å². The quantitative estimate of drug-likeness (QED) is 0.274. The van der Waals surface area contributed by atoms with E-state index < -0.39 is 0 Å². The van der Waals surface area contributed by atoms with Gasteiger partial charge in [-0.3, -0.25) is 14.2 Å². The Morgan fingerprint density at radius 2 is 1.51 bits per heavy atom. The third-order valence-electron chi connectivity index (χ3n) is 4.82. The molecule has 0 saturated carbocycles. The van der Waals surface area contributed by atoms with Gasteiger partial charge in [-0.05, 0) is 53.6 Å². The summed E-state index contributed by atoms with van der Waals surface area (Å²) in [6, 6.07) is 17.5. The molecule has 0 amide bonds. The largest absolute Gasteiger partial charge is 0.497 e. The summed E-state index contributed by atoms with van der Waals surface area (Å²) in [5.74, 6) is 0.513. The number of benzene rings is 2. The fourth-order valence-electron chi connectivity index (χ4n) is 3.25. The molecule has 4 rings (SSSR count). The Balaban J connectivity index is 0.000000949. The number of aromatic nitrogens is 2. The highest BCUT2D eigenvalue weighted by atomic mass is 35.5. The highest BCUT2D eigenvalue weighted by Gasteiger charge is 2.15. The molecule has 0 atom stereocenters. The van der Waals surface area contributed by atoms with E-state index in [1.165, 1.54) is 10.8 Å². The molecule has 0 saturated heterocycles. The Hall–Kier alpha value is -3.44. The minimum atomic E-state index is -0.181. The number of carbonyl (C=O) groups is 1. The predicted octanol–water partition coefficient (Wildman–Crippen LogP) is 7.57. The number of rotatable bonds is 4. The number of ketones is 1. The molecule has 4 aromatic rings. The fraction of sp³-hybridized carbons (Fsp3) is 0.276. The van der Waals surface area contributed by atoms with Crippen molar-refractivity contribution in [3.05, 3.63) is 93.4 Å². The zero-order valence-electron chi connectivity index (χ0n) is 21.8. The SMILES string of the molecule is CC.CC.CC.COc1cccc(-c2cc(=O)n(C)c3ncc(C(=O)c4ccc(Cl)cc4)cc23)c1. The first-order valence-electron chi connectivity index (χ1n) is 11.9. The number of nitrogens with zero attached hydrogens (tertiary/aromatic N) is 2. The van der Waals surface area contributed by atoms with Crippen molar-refractivity contribution in [2.24, 2.45) is 7.05 Å². The molecule has 0 spiro atoms. The lowest BCUT2D eigenvalue weighted by molar-refractivity contribution is 0.103. The molecular formula is C29H35ClN2O3. The molecular weight excluding hydrogens is 460 g/mol. The summed E-state index contributed by atoms with van der Waals surface area (Å²) in [4.78, 5) is 29.8. The highest BCUT2D eigenvalue weighted by Crippen LogP contribution is 2.29. The van der Waals surface area contributed by atoms with E-state index in [-0.39, 0.29) is 11.3 Å². The molecule has 0 fully saturated rings. The molecule has 0 unspecified atom stereocenters. The number of hydrogen-bond donors (Lipinski definition) is 0. The van der Waals surface area contributed by atoms with Crippen LogP contribution in [0.2, 0.25) is 5.02 Å². The van der Waals surface area contributed by atoms with Crippen molar-refractivity contribution in [2.45, 2.75) is 41.5 Å². The molecule has 2 aromatic carbocycles. The number of ether oxygens (including phenoxy) is 1. The van der Waals surface area contributed by atoms with Gasteiger partial charge < -0.3 is 4.74 Å².